The number of rotatable bonds is 5. The van der Waals surface area contributed by atoms with Gasteiger partial charge in [-0.05, 0) is 49.9 Å². The fourth-order valence-electron chi connectivity index (χ4n) is 4.95. The van der Waals surface area contributed by atoms with Crippen molar-refractivity contribution in [3.63, 3.8) is 0 Å². The fraction of sp³-hybridized carbons (Fsp3) is 0.500. The molecule has 174 valence electrons. The first-order valence-corrected chi connectivity index (χ1v) is 11.9. The van der Waals surface area contributed by atoms with Gasteiger partial charge in [0, 0.05) is 58.2 Å². The van der Waals surface area contributed by atoms with E-state index in [1.165, 1.54) is 0 Å². The molecule has 5 rings (SSSR count). The van der Waals surface area contributed by atoms with E-state index in [4.69, 9.17) is 4.98 Å². The van der Waals surface area contributed by atoms with E-state index in [1.54, 1.807) is 6.20 Å². The van der Waals surface area contributed by atoms with Crippen molar-refractivity contribution < 1.29 is 9.59 Å². The van der Waals surface area contributed by atoms with Crippen molar-refractivity contribution in [2.75, 3.05) is 54.4 Å². The van der Waals surface area contributed by atoms with E-state index in [-0.39, 0.29) is 17.9 Å². The van der Waals surface area contributed by atoms with Gasteiger partial charge in [-0.25, -0.2) is 9.97 Å². The number of carbonyl (C=O) groups excluding carboxylic acids is 2. The number of anilines is 3. The lowest BCUT2D eigenvalue weighted by atomic mass is 9.99. The molecule has 33 heavy (non-hydrogen) atoms. The highest BCUT2D eigenvalue weighted by Crippen LogP contribution is 2.34. The Bertz CT molecular complexity index is 1020. The first-order valence-electron chi connectivity index (χ1n) is 11.9. The Kier molecular flexibility index (Phi) is 6.13. The van der Waals surface area contributed by atoms with Crippen LogP contribution in [0.15, 0.2) is 30.6 Å². The predicted molar refractivity (Wildman–Crippen MR) is 128 cm³/mol. The Morgan fingerprint density at radius 3 is 2.73 bits per heavy atom. The molecule has 0 aromatic carbocycles. The minimum absolute atomic E-state index is 0.0682. The second-order valence-corrected chi connectivity index (χ2v) is 8.94. The maximum absolute atomic E-state index is 12.5. The highest BCUT2D eigenvalue weighted by molar-refractivity contribution is 6.03. The van der Waals surface area contributed by atoms with E-state index in [2.05, 4.69) is 36.4 Å². The molecule has 9 nitrogen and oxygen atoms in total. The third kappa shape index (κ3) is 4.50. The molecule has 3 aliphatic heterocycles. The lowest BCUT2D eigenvalue weighted by Crippen LogP contribution is -2.51. The van der Waals surface area contributed by atoms with E-state index in [9.17, 15) is 9.59 Å². The molecular weight excluding hydrogens is 418 g/mol. The molecule has 3 aliphatic rings. The minimum atomic E-state index is -0.0907. The van der Waals surface area contributed by atoms with Crippen molar-refractivity contribution >= 4 is 29.1 Å². The van der Waals surface area contributed by atoms with Crippen molar-refractivity contribution in [3.8, 4) is 0 Å². The molecule has 1 unspecified atom stereocenters. The van der Waals surface area contributed by atoms with E-state index in [1.807, 2.05) is 25.3 Å². The molecule has 0 radical (unpaired) electrons. The highest BCUT2D eigenvalue weighted by atomic mass is 16.2. The third-order valence-electron chi connectivity index (χ3n) is 6.71. The second kappa shape index (κ2) is 9.35. The second-order valence-electron chi connectivity index (χ2n) is 8.94. The van der Waals surface area contributed by atoms with Crippen LogP contribution in [0.2, 0.25) is 0 Å². The molecule has 2 amide bonds. The molecular formula is C24H31N7O2. The molecule has 5 heterocycles. The van der Waals surface area contributed by atoms with Gasteiger partial charge in [0.05, 0.1) is 11.3 Å². The number of fused-ring (bicyclic) bond motifs is 3. The molecule has 2 aromatic heterocycles. The van der Waals surface area contributed by atoms with Crippen molar-refractivity contribution in [1.29, 1.82) is 0 Å². The summed E-state index contributed by atoms with van der Waals surface area (Å²) in [6, 6.07) is 5.77. The molecule has 9 heteroatoms. The average Bonchev–Trinajstić information content (AvgIpc) is 2.85. The molecule has 2 fully saturated rings. The van der Waals surface area contributed by atoms with Gasteiger partial charge in [-0.2, -0.15) is 0 Å². The van der Waals surface area contributed by atoms with Gasteiger partial charge in [-0.15, -0.1) is 0 Å². The van der Waals surface area contributed by atoms with Crippen LogP contribution in [0.4, 0.5) is 17.3 Å². The van der Waals surface area contributed by atoms with E-state index < -0.39 is 0 Å². The van der Waals surface area contributed by atoms with Gasteiger partial charge >= 0.3 is 0 Å². The van der Waals surface area contributed by atoms with Gasteiger partial charge in [0.2, 0.25) is 5.91 Å². The molecule has 2 aromatic rings. The SMILES string of the molecule is CCNC(=O)c1ccc(N2CCN(Cc3cnc4c(c3)NC(=O)C3CCCCN43)CC2)nc1. The van der Waals surface area contributed by atoms with E-state index in [0.717, 1.165) is 81.4 Å². The zero-order valence-corrected chi connectivity index (χ0v) is 19.1. The van der Waals surface area contributed by atoms with Crippen LogP contribution in [0.1, 0.15) is 42.1 Å². The van der Waals surface area contributed by atoms with Crippen LogP contribution in [-0.2, 0) is 11.3 Å². The largest absolute Gasteiger partial charge is 0.354 e. The van der Waals surface area contributed by atoms with Gasteiger partial charge in [0.25, 0.3) is 5.91 Å². The summed E-state index contributed by atoms with van der Waals surface area (Å²) in [6.07, 6.45) is 6.72. The summed E-state index contributed by atoms with van der Waals surface area (Å²) in [5.74, 6) is 1.82. The van der Waals surface area contributed by atoms with E-state index in [0.29, 0.717) is 12.1 Å². The zero-order valence-electron chi connectivity index (χ0n) is 19.1. The smallest absolute Gasteiger partial charge is 0.252 e. The molecule has 2 saturated heterocycles. The van der Waals surface area contributed by atoms with Crippen molar-refractivity contribution in [2.45, 2.75) is 38.8 Å². The topological polar surface area (TPSA) is 93.7 Å². The maximum atomic E-state index is 12.5. The normalized spacial score (nSPS) is 20.6. The monoisotopic (exact) mass is 449 g/mol. The maximum Gasteiger partial charge on any atom is 0.252 e. The highest BCUT2D eigenvalue weighted by Gasteiger charge is 2.35. The van der Waals surface area contributed by atoms with E-state index >= 15 is 0 Å². The Balaban J connectivity index is 1.18. The lowest BCUT2D eigenvalue weighted by molar-refractivity contribution is -0.118. The van der Waals surface area contributed by atoms with Gasteiger partial charge in [-0.3, -0.25) is 14.5 Å². The number of hydrogen-bond donors (Lipinski definition) is 2. The number of aromatic nitrogens is 2. The standard InChI is InChI=1S/C24H31N7O2/c1-2-25-23(32)18-6-7-21(26-15-18)30-11-9-29(10-12-30)16-17-13-19-22(27-14-17)31-8-4-3-5-20(31)24(33)28-19/h6-7,13-15,20H,2-5,8-12,16H2,1H3,(H,25,32)(H,28,33). The minimum Gasteiger partial charge on any atom is -0.354 e. The number of piperazine rings is 1. The Labute approximate surface area is 194 Å². The number of hydrogen-bond acceptors (Lipinski definition) is 7. The fourth-order valence-corrected chi connectivity index (χ4v) is 4.95. The van der Waals surface area contributed by atoms with Gasteiger partial charge in [0.1, 0.15) is 11.9 Å². The summed E-state index contributed by atoms with van der Waals surface area (Å²) in [5, 5.41) is 5.87. The van der Waals surface area contributed by atoms with Crippen LogP contribution >= 0.6 is 0 Å². The molecule has 0 saturated carbocycles. The van der Waals surface area contributed by atoms with Crippen molar-refractivity contribution in [2.24, 2.45) is 0 Å². The molecule has 1 atom stereocenters. The number of carbonyl (C=O) groups is 2. The molecule has 0 bridgehead atoms. The van der Waals surface area contributed by atoms with Crippen LogP contribution < -0.4 is 20.4 Å². The van der Waals surface area contributed by atoms with Crippen molar-refractivity contribution in [1.82, 2.24) is 20.2 Å². The van der Waals surface area contributed by atoms with Gasteiger partial charge < -0.3 is 20.4 Å². The van der Waals surface area contributed by atoms with Crippen LogP contribution in [0.3, 0.4) is 0 Å². The first-order chi connectivity index (χ1) is 16.1. The number of amides is 2. The Morgan fingerprint density at radius 1 is 1.12 bits per heavy atom. The molecule has 0 aliphatic carbocycles. The van der Waals surface area contributed by atoms with Crippen LogP contribution in [0.5, 0.6) is 0 Å². The first kappa shape index (κ1) is 21.6. The summed E-state index contributed by atoms with van der Waals surface area (Å²) in [5.41, 5.74) is 2.54. The summed E-state index contributed by atoms with van der Waals surface area (Å²) < 4.78 is 0. The average molecular weight is 450 g/mol. The quantitative estimate of drug-likeness (QED) is 0.720. The summed E-state index contributed by atoms with van der Waals surface area (Å²) >= 11 is 0. The summed E-state index contributed by atoms with van der Waals surface area (Å²) in [6.45, 7) is 7.78. The van der Waals surface area contributed by atoms with Crippen LogP contribution in [-0.4, -0.2) is 72.0 Å². The van der Waals surface area contributed by atoms with Crippen molar-refractivity contribution in [3.05, 3.63) is 41.7 Å². The van der Waals surface area contributed by atoms with Crippen LogP contribution in [0, 0.1) is 0 Å². The molecule has 2 N–H and O–H groups in total. The Morgan fingerprint density at radius 2 is 1.97 bits per heavy atom. The number of piperidine rings is 1. The predicted octanol–water partition coefficient (Wildman–Crippen LogP) is 1.86. The Hall–Kier alpha value is -3.20. The van der Waals surface area contributed by atoms with Gasteiger partial charge in [0.15, 0.2) is 5.82 Å². The summed E-state index contributed by atoms with van der Waals surface area (Å²) in [7, 11) is 0. The summed E-state index contributed by atoms with van der Waals surface area (Å²) in [4.78, 5) is 40.5. The number of nitrogens with one attached hydrogen (secondary N) is 2. The molecule has 0 spiro atoms. The third-order valence-corrected chi connectivity index (χ3v) is 6.71. The lowest BCUT2D eigenvalue weighted by Gasteiger charge is -2.40. The zero-order chi connectivity index (χ0) is 22.8. The number of nitrogens with zero attached hydrogens (tertiary/aromatic N) is 5. The van der Waals surface area contributed by atoms with Crippen LogP contribution in [0.25, 0.3) is 0 Å². The van der Waals surface area contributed by atoms with Gasteiger partial charge in [-0.1, -0.05) is 0 Å². The number of pyridine rings is 2.